The van der Waals surface area contributed by atoms with E-state index in [0.717, 1.165) is 24.3 Å². The highest BCUT2D eigenvalue weighted by Gasteiger charge is 2.14. The van der Waals surface area contributed by atoms with Gasteiger partial charge in [0.1, 0.15) is 11.5 Å². The number of nitrogens with one attached hydrogen (secondary N) is 1. The highest BCUT2D eigenvalue weighted by molar-refractivity contribution is 5.94. The molecule has 1 aliphatic rings. The van der Waals surface area contributed by atoms with Crippen molar-refractivity contribution in [1.29, 1.82) is 0 Å². The van der Waals surface area contributed by atoms with Gasteiger partial charge >= 0.3 is 0 Å². The Balaban J connectivity index is 1.40. The molecule has 1 fully saturated rings. The molecular formula is C18H18N4O3. The van der Waals surface area contributed by atoms with Crippen molar-refractivity contribution in [2.75, 3.05) is 36.5 Å². The van der Waals surface area contributed by atoms with Gasteiger partial charge in [0.2, 0.25) is 5.91 Å². The van der Waals surface area contributed by atoms with E-state index in [2.05, 4.69) is 20.4 Å². The predicted molar refractivity (Wildman–Crippen MR) is 93.6 cm³/mol. The molecule has 7 heteroatoms. The third-order valence-electron chi connectivity index (χ3n) is 4.15. The average Bonchev–Trinajstić information content (AvgIpc) is 3.06. The predicted octanol–water partition coefficient (Wildman–Crippen LogP) is 2.24. The average molecular weight is 338 g/mol. The second-order valence-corrected chi connectivity index (χ2v) is 5.85. The van der Waals surface area contributed by atoms with Gasteiger partial charge in [0.05, 0.1) is 31.5 Å². The van der Waals surface area contributed by atoms with E-state index < -0.39 is 0 Å². The molecule has 1 saturated heterocycles. The Bertz CT molecular complexity index is 869. The van der Waals surface area contributed by atoms with E-state index in [-0.39, 0.29) is 12.3 Å². The summed E-state index contributed by atoms with van der Waals surface area (Å²) < 4.78 is 10.6. The minimum Gasteiger partial charge on any atom is -0.378 e. The standard InChI is InChI=1S/C18H18N4O3/c23-18(11-15-14-3-1-2-4-16(14)25-21-15)20-13-5-6-17(19-12-13)22-7-9-24-10-8-22/h1-6,12H,7-11H2,(H,20,23). The fraction of sp³-hybridized carbons (Fsp3) is 0.278. The van der Waals surface area contributed by atoms with Gasteiger partial charge in [0.15, 0.2) is 5.58 Å². The first kappa shape index (κ1) is 15.6. The summed E-state index contributed by atoms with van der Waals surface area (Å²) >= 11 is 0. The maximum absolute atomic E-state index is 12.3. The van der Waals surface area contributed by atoms with E-state index >= 15 is 0 Å². The zero-order chi connectivity index (χ0) is 17.1. The number of pyridine rings is 1. The van der Waals surface area contributed by atoms with Crippen LogP contribution in [-0.4, -0.2) is 42.4 Å². The molecule has 0 bridgehead atoms. The number of nitrogens with zero attached hydrogens (tertiary/aromatic N) is 3. The van der Waals surface area contributed by atoms with Crippen LogP contribution in [0.5, 0.6) is 0 Å². The number of amides is 1. The Morgan fingerprint density at radius 2 is 2.00 bits per heavy atom. The minimum atomic E-state index is -0.153. The van der Waals surface area contributed by atoms with Crippen LogP contribution in [-0.2, 0) is 16.0 Å². The number of aromatic nitrogens is 2. The number of hydrogen-bond donors (Lipinski definition) is 1. The molecule has 1 aliphatic heterocycles. The first-order valence-corrected chi connectivity index (χ1v) is 8.21. The lowest BCUT2D eigenvalue weighted by atomic mass is 10.1. The molecule has 128 valence electrons. The lowest BCUT2D eigenvalue weighted by molar-refractivity contribution is -0.115. The SMILES string of the molecule is O=C(Cc1noc2ccccc12)Nc1ccc(N2CCOCC2)nc1. The fourth-order valence-corrected chi connectivity index (χ4v) is 2.86. The van der Waals surface area contributed by atoms with E-state index in [4.69, 9.17) is 9.26 Å². The Morgan fingerprint density at radius 1 is 1.16 bits per heavy atom. The van der Waals surface area contributed by atoms with Crippen LogP contribution in [0.1, 0.15) is 5.69 Å². The summed E-state index contributed by atoms with van der Waals surface area (Å²) in [5, 5.41) is 7.69. The molecule has 25 heavy (non-hydrogen) atoms. The highest BCUT2D eigenvalue weighted by atomic mass is 16.5. The van der Waals surface area contributed by atoms with Crippen molar-refractivity contribution >= 4 is 28.4 Å². The van der Waals surface area contributed by atoms with Crippen molar-refractivity contribution in [3.8, 4) is 0 Å². The molecule has 3 heterocycles. The third kappa shape index (κ3) is 3.46. The van der Waals surface area contributed by atoms with Crippen molar-refractivity contribution in [2.45, 2.75) is 6.42 Å². The van der Waals surface area contributed by atoms with E-state index in [1.54, 1.807) is 6.20 Å². The molecule has 0 radical (unpaired) electrons. The molecule has 0 spiro atoms. The number of ether oxygens (including phenoxy) is 1. The van der Waals surface area contributed by atoms with Crippen molar-refractivity contribution in [2.24, 2.45) is 0 Å². The van der Waals surface area contributed by atoms with E-state index in [9.17, 15) is 4.79 Å². The molecule has 3 aromatic rings. The fourth-order valence-electron chi connectivity index (χ4n) is 2.86. The number of morpholine rings is 1. The highest BCUT2D eigenvalue weighted by Crippen LogP contribution is 2.19. The maximum atomic E-state index is 12.3. The molecule has 0 saturated carbocycles. The maximum Gasteiger partial charge on any atom is 0.230 e. The van der Waals surface area contributed by atoms with Gasteiger partial charge in [-0.3, -0.25) is 4.79 Å². The summed E-state index contributed by atoms with van der Waals surface area (Å²) in [5.41, 5.74) is 1.97. The number of fused-ring (bicyclic) bond motifs is 1. The van der Waals surface area contributed by atoms with Gasteiger partial charge in [0.25, 0.3) is 0 Å². The molecule has 7 nitrogen and oxygen atoms in total. The van der Waals surface area contributed by atoms with Crippen molar-refractivity contribution in [1.82, 2.24) is 10.1 Å². The summed E-state index contributed by atoms with van der Waals surface area (Å²) in [6, 6.07) is 11.3. The van der Waals surface area contributed by atoms with Crippen molar-refractivity contribution < 1.29 is 14.1 Å². The van der Waals surface area contributed by atoms with Gasteiger partial charge < -0.3 is 19.5 Å². The summed E-state index contributed by atoms with van der Waals surface area (Å²) in [7, 11) is 0. The zero-order valence-electron chi connectivity index (χ0n) is 13.6. The quantitative estimate of drug-likeness (QED) is 0.786. The molecule has 1 aromatic carbocycles. The number of anilines is 2. The van der Waals surface area contributed by atoms with Crippen LogP contribution < -0.4 is 10.2 Å². The largest absolute Gasteiger partial charge is 0.378 e. The number of carbonyl (C=O) groups excluding carboxylic acids is 1. The van der Waals surface area contributed by atoms with E-state index in [1.807, 2.05) is 36.4 Å². The second-order valence-electron chi connectivity index (χ2n) is 5.85. The van der Waals surface area contributed by atoms with Crippen molar-refractivity contribution in [3.63, 3.8) is 0 Å². The van der Waals surface area contributed by atoms with Gasteiger partial charge in [0, 0.05) is 18.5 Å². The first-order valence-electron chi connectivity index (χ1n) is 8.21. The Morgan fingerprint density at radius 3 is 2.80 bits per heavy atom. The normalized spacial score (nSPS) is 14.6. The van der Waals surface area contributed by atoms with E-state index in [0.29, 0.717) is 30.2 Å². The summed E-state index contributed by atoms with van der Waals surface area (Å²) in [6.45, 7) is 3.09. The van der Waals surface area contributed by atoms with Gasteiger partial charge in [-0.1, -0.05) is 17.3 Å². The minimum absolute atomic E-state index is 0.153. The second kappa shape index (κ2) is 6.90. The smallest absolute Gasteiger partial charge is 0.230 e. The lowest BCUT2D eigenvalue weighted by Gasteiger charge is -2.27. The van der Waals surface area contributed by atoms with Crippen LogP contribution in [0.25, 0.3) is 11.0 Å². The van der Waals surface area contributed by atoms with Crippen LogP contribution >= 0.6 is 0 Å². The van der Waals surface area contributed by atoms with Crippen LogP contribution in [0, 0.1) is 0 Å². The Hall–Kier alpha value is -2.93. The number of carbonyl (C=O) groups is 1. The summed E-state index contributed by atoms with van der Waals surface area (Å²) in [6.07, 6.45) is 1.83. The van der Waals surface area contributed by atoms with E-state index in [1.165, 1.54) is 0 Å². The molecule has 2 aromatic heterocycles. The van der Waals surface area contributed by atoms with Crippen LogP contribution in [0.15, 0.2) is 47.1 Å². The Labute approximate surface area is 144 Å². The van der Waals surface area contributed by atoms with Gasteiger partial charge in [-0.05, 0) is 24.3 Å². The van der Waals surface area contributed by atoms with Gasteiger partial charge in [-0.2, -0.15) is 0 Å². The monoisotopic (exact) mass is 338 g/mol. The molecule has 0 aliphatic carbocycles. The van der Waals surface area contributed by atoms with Crippen LogP contribution in [0.2, 0.25) is 0 Å². The van der Waals surface area contributed by atoms with Crippen molar-refractivity contribution in [3.05, 3.63) is 48.3 Å². The molecule has 0 unspecified atom stereocenters. The third-order valence-corrected chi connectivity index (χ3v) is 4.15. The molecule has 1 amide bonds. The number of rotatable bonds is 4. The molecule has 1 N–H and O–H groups in total. The number of hydrogen-bond acceptors (Lipinski definition) is 6. The van der Waals surface area contributed by atoms with Gasteiger partial charge in [-0.25, -0.2) is 4.98 Å². The van der Waals surface area contributed by atoms with Gasteiger partial charge in [-0.15, -0.1) is 0 Å². The van der Waals surface area contributed by atoms with Crippen LogP contribution in [0.4, 0.5) is 11.5 Å². The molecule has 4 rings (SSSR count). The number of benzene rings is 1. The summed E-state index contributed by atoms with van der Waals surface area (Å²) in [5.74, 6) is 0.740. The Kier molecular flexibility index (Phi) is 4.30. The topological polar surface area (TPSA) is 80.5 Å². The first-order chi connectivity index (χ1) is 12.3. The molecular weight excluding hydrogens is 320 g/mol. The zero-order valence-corrected chi connectivity index (χ0v) is 13.6. The summed E-state index contributed by atoms with van der Waals surface area (Å²) in [4.78, 5) is 18.8. The molecule has 0 atom stereocenters. The van der Waals surface area contributed by atoms with Crippen LogP contribution in [0.3, 0.4) is 0 Å². The number of para-hydroxylation sites is 1. The lowest BCUT2D eigenvalue weighted by Crippen LogP contribution is -2.36.